The summed E-state index contributed by atoms with van der Waals surface area (Å²) in [5.41, 5.74) is 1.65. The topological polar surface area (TPSA) is 32.3 Å². The van der Waals surface area contributed by atoms with Gasteiger partial charge in [-0.05, 0) is 53.2 Å². The number of rotatable bonds is 4. The van der Waals surface area contributed by atoms with Crippen molar-refractivity contribution in [2.75, 3.05) is 19.4 Å². The summed E-state index contributed by atoms with van der Waals surface area (Å²) in [5.74, 6) is 0.0140. The van der Waals surface area contributed by atoms with E-state index < -0.39 is 0 Å². The maximum absolute atomic E-state index is 11.9. The Labute approximate surface area is 131 Å². The molecule has 0 fully saturated rings. The number of thiophene rings is 1. The van der Waals surface area contributed by atoms with Gasteiger partial charge in [0.1, 0.15) is 0 Å². The van der Waals surface area contributed by atoms with Gasteiger partial charge in [0.15, 0.2) is 0 Å². The Balaban J connectivity index is 2.14. The third kappa shape index (κ3) is 3.61. The molecule has 0 radical (unpaired) electrons. The lowest BCUT2D eigenvalue weighted by molar-refractivity contribution is 0.0827. The zero-order valence-electron chi connectivity index (χ0n) is 11.7. The van der Waals surface area contributed by atoms with Gasteiger partial charge in [-0.25, -0.2) is 0 Å². The Morgan fingerprint density at radius 3 is 2.65 bits per heavy atom. The van der Waals surface area contributed by atoms with E-state index in [-0.39, 0.29) is 11.9 Å². The molecule has 106 valence electrons. The highest BCUT2D eigenvalue weighted by Crippen LogP contribution is 2.29. The van der Waals surface area contributed by atoms with Crippen molar-refractivity contribution in [3.63, 3.8) is 0 Å². The van der Waals surface area contributed by atoms with Crippen LogP contribution in [0.4, 0.5) is 5.69 Å². The first kappa shape index (κ1) is 15.1. The van der Waals surface area contributed by atoms with E-state index in [4.69, 9.17) is 0 Å². The number of nitrogens with zero attached hydrogens (tertiary/aromatic N) is 1. The predicted molar refractivity (Wildman–Crippen MR) is 88.5 cm³/mol. The summed E-state index contributed by atoms with van der Waals surface area (Å²) in [7, 11) is 3.52. The highest BCUT2D eigenvalue weighted by atomic mass is 79.9. The highest BCUT2D eigenvalue weighted by Gasteiger charge is 2.11. The van der Waals surface area contributed by atoms with Crippen molar-refractivity contribution in [2.24, 2.45) is 0 Å². The van der Waals surface area contributed by atoms with E-state index in [0.29, 0.717) is 5.56 Å². The predicted octanol–water partition coefficient (Wildman–Crippen LogP) is 4.39. The van der Waals surface area contributed by atoms with Gasteiger partial charge in [-0.3, -0.25) is 4.79 Å². The fourth-order valence-electron chi connectivity index (χ4n) is 1.88. The number of carbonyl (C=O) groups is 1. The second-order valence-electron chi connectivity index (χ2n) is 4.79. The van der Waals surface area contributed by atoms with E-state index in [1.165, 1.54) is 4.88 Å². The Kier molecular flexibility index (Phi) is 4.83. The number of hydrogen-bond donors (Lipinski definition) is 1. The highest BCUT2D eigenvalue weighted by molar-refractivity contribution is 9.11. The van der Waals surface area contributed by atoms with Crippen LogP contribution in [0.25, 0.3) is 0 Å². The molecule has 1 N–H and O–H groups in total. The van der Waals surface area contributed by atoms with Crippen molar-refractivity contribution < 1.29 is 4.79 Å². The lowest BCUT2D eigenvalue weighted by Gasteiger charge is -2.15. The fourth-order valence-corrected chi connectivity index (χ4v) is 3.31. The van der Waals surface area contributed by atoms with Crippen molar-refractivity contribution >= 4 is 38.9 Å². The lowest BCUT2D eigenvalue weighted by atomic mass is 10.1. The first-order valence-electron chi connectivity index (χ1n) is 6.31. The molecule has 5 heteroatoms. The normalized spacial score (nSPS) is 12.0. The second kappa shape index (κ2) is 6.41. The third-order valence-corrected chi connectivity index (χ3v) is 4.73. The molecule has 0 aliphatic carbocycles. The van der Waals surface area contributed by atoms with Crippen molar-refractivity contribution in [3.8, 4) is 0 Å². The molecule has 1 aromatic carbocycles. The van der Waals surface area contributed by atoms with E-state index >= 15 is 0 Å². The van der Waals surface area contributed by atoms with Gasteiger partial charge in [-0.15, -0.1) is 11.3 Å². The standard InChI is InChI=1S/C15H17BrN2OS/c1-10(13-7-8-14(16)20-13)17-12-6-4-5-11(9-12)15(19)18(2)3/h4-10,17H,1-3H3. The maximum atomic E-state index is 11.9. The van der Waals surface area contributed by atoms with Crippen LogP contribution in [0.5, 0.6) is 0 Å². The molecule has 1 atom stereocenters. The molecule has 20 heavy (non-hydrogen) atoms. The van der Waals surface area contributed by atoms with E-state index in [9.17, 15) is 4.79 Å². The van der Waals surface area contributed by atoms with Crippen LogP contribution in [0.3, 0.4) is 0 Å². The Bertz CT molecular complexity index is 609. The molecule has 1 heterocycles. The molecule has 1 aromatic heterocycles. The summed E-state index contributed by atoms with van der Waals surface area (Å²) in [6.07, 6.45) is 0. The van der Waals surface area contributed by atoms with Gasteiger partial charge in [0.25, 0.3) is 5.91 Å². The average Bonchev–Trinajstić information content (AvgIpc) is 2.85. The summed E-state index contributed by atoms with van der Waals surface area (Å²) >= 11 is 5.18. The molecule has 0 spiro atoms. The van der Waals surface area contributed by atoms with Gasteiger partial charge in [-0.2, -0.15) is 0 Å². The van der Waals surface area contributed by atoms with Gasteiger partial charge in [0.2, 0.25) is 0 Å². The smallest absolute Gasteiger partial charge is 0.253 e. The molecule has 2 rings (SSSR count). The first-order chi connectivity index (χ1) is 9.47. The largest absolute Gasteiger partial charge is 0.378 e. The minimum atomic E-state index is 0.0140. The minimum Gasteiger partial charge on any atom is -0.378 e. The van der Waals surface area contributed by atoms with Crippen LogP contribution in [0.15, 0.2) is 40.2 Å². The van der Waals surface area contributed by atoms with E-state index in [1.54, 1.807) is 30.3 Å². The van der Waals surface area contributed by atoms with Crippen LogP contribution in [-0.2, 0) is 0 Å². The van der Waals surface area contributed by atoms with Crippen molar-refractivity contribution in [2.45, 2.75) is 13.0 Å². The number of carbonyl (C=O) groups excluding carboxylic acids is 1. The van der Waals surface area contributed by atoms with Gasteiger partial charge in [0, 0.05) is 30.2 Å². The van der Waals surface area contributed by atoms with Crippen LogP contribution in [0, 0.1) is 0 Å². The quantitative estimate of drug-likeness (QED) is 0.884. The number of hydrogen-bond acceptors (Lipinski definition) is 3. The molecule has 3 nitrogen and oxygen atoms in total. The van der Waals surface area contributed by atoms with Crippen LogP contribution < -0.4 is 5.32 Å². The molecular weight excluding hydrogens is 336 g/mol. The summed E-state index contributed by atoms with van der Waals surface area (Å²) < 4.78 is 1.12. The van der Waals surface area contributed by atoms with Gasteiger partial charge in [-0.1, -0.05) is 6.07 Å². The number of amides is 1. The van der Waals surface area contributed by atoms with Gasteiger partial charge in [0.05, 0.1) is 9.83 Å². The van der Waals surface area contributed by atoms with Crippen molar-refractivity contribution in [1.29, 1.82) is 0 Å². The Hall–Kier alpha value is -1.33. The SMILES string of the molecule is CC(Nc1cccc(C(=O)N(C)C)c1)c1ccc(Br)s1. The molecule has 1 unspecified atom stereocenters. The average molecular weight is 353 g/mol. The van der Waals surface area contributed by atoms with E-state index in [1.807, 2.05) is 30.3 Å². The summed E-state index contributed by atoms with van der Waals surface area (Å²) in [6, 6.07) is 11.9. The fraction of sp³-hybridized carbons (Fsp3) is 0.267. The number of benzene rings is 1. The van der Waals surface area contributed by atoms with Crippen LogP contribution in [0.2, 0.25) is 0 Å². The second-order valence-corrected chi connectivity index (χ2v) is 7.28. The molecule has 0 aliphatic rings. The van der Waals surface area contributed by atoms with Crippen molar-refractivity contribution in [1.82, 2.24) is 4.90 Å². The summed E-state index contributed by atoms with van der Waals surface area (Å²) in [6.45, 7) is 2.11. The summed E-state index contributed by atoms with van der Waals surface area (Å²) in [4.78, 5) is 14.8. The van der Waals surface area contributed by atoms with Gasteiger partial charge >= 0.3 is 0 Å². The van der Waals surface area contributed by atoms with E-state index in [2.05, 4.69) is 34.2 Å². The van der Waals surface area contributed by atoms with Crippen molar-refractivity contribution in [3.05, 3.63) is 50.6 Å². The minimum absolute atomic E-state index is 0.0140. The molecule has 1 amide bonds. The Morgan fingerprint density at radius 2 is 2.05 bits per heavy atom. The maximum Gasteiger partial charge on any atom is 0.253 e. The molecule has 0 saturated heterocycles. The van der Waals surface area contributed by atoms with Gasteiger partial charge < -0.3 is 10.2 Å². The number of nitrogens with one attached hydrogen (secondary N) is 1. The molecule has 0 saturated carbocycles. The zero-order valence-corrected chi connectivity index (χ0v) is 14.1. The zero-order chi connectivity index (χ0) is 14.7. The number of anilines is 1. The lowest BCUT2D eigenvalue weighted by Crippen LogP contribution is -2.21. The third-order valence-electron chi connectivity index (χ3n) is 2.92. The molecule has 2 aromatic rings. The Morgan fingerprint density at radius 1 is 1.30 bits per heavy atom. The molecule has 0 aliphatic heterocycles. The monoisotopic (exact) mass is 352 g/mol. The molecule has 0 bridgehead atoms. The molecular formula is C15H17BrN2OS. The van der Waals surface area contributed by atoms with Crippen LogP contribution >= 0.6 is 27.3 Å². The number of halogens is 1. The summed E-state index contributed by atoms with van der Waals surface area (Å²) in [5, 5.41) is 3.42. The van der Waals surface area contributed by atoms with Crippen LogP contribution in [0.1, 0.15) is 28.2 Å². The van der Waals surface area contributed by atoms with Crippen LogP contribution in [-0.4, -0.2) is 24.9 Å². The first-order valence-corrected chi connectivity index (χ1v) is 7.92. The van der Waals surface area contributed by atoms with E-state index in [0.717, 1.165) is 9.47 Å².